The minimum Gasteiger partial charge on any atom is -0.337 e. The highest BCUT2D eigenvalue weighted by molar-refractivity contribution is 5.58. The van der Waals surface area contributed by atoms with E-state index in [9.17, 15) is 0 Å². The van der Waals surface area contributed by atoms with E-state index in [0.717, 1.165) is 30.5 Å². The van der Waals surface area contributed by atoms with Crippen LogP contribution in [0.3, 0.4) is 0 Å². The van der Waals surface area contributed by atoms with Gasteiger partial charge in [0.05, 0.1) is 6.04 Å². The number of rotatable bonds is 3. The summed E-state index contributed by atoms with van der Waals surface area (Å²) in [5.41, 5.74) is 2.15. The van der Waals surface area contributed by atoms with Gasteiger partial charge in [0.2, 0.25) is 11.7 Å². The molecular formula is C14H18N4O. The number of nitrogens with zero attached hydrogens (tertiary/aromatic N) is 3. The molecule has 1 N–H and O–H groups in total. The fraction of sp³-hybridized carbons (Fsp3) is 0.500. The predicted octanol–water partition coefficient (Wildman–Crippen LogP) is 2.36. The zero-order valence-corrected chi connectivity index (χ0v) is 11.3. The molecule has 1 fully saturated rings. The molecule has 0 bridgehead atoms. The van der Waals surface area contributed by atoms with E-state index in [2.05, 4.69) is 34.3 Å². The highest BCUT2D eigenvalue weighted by Gasteiger charge is 2.29. The average molecular weight is 258 g/mol. The van der Waals surface area contributed by atoms with E-state index in [0.29, 0.717) is 17.6 Å². The van der Waals surface area contributed by atoms with Gasteiger partial charge in [0.25, 0.3) is 0 Å². The van der Waals surface area contributed by atoms with Crippen molar-refractivity contribution < 1.29 is 4.52 Å². The number of aryl methyl sites for hydroxylation is 1. The number of hydrogen-bond donors (Lipinski definition) is 1. The summed E-state index contributed by atoms with van der Waals surface area (Å²) in [7, 11) is 0. The van der Waals surface area contributed by atoms with E-state index >= 15 is 0 Å². The first kappa shape index (κ1) is 12.3. The summed E-state index contributed by atoms with van der Waals surface area (Å²) in [6.07, 6.45) is 5.69. The molecule has 0 amide bonds. The van der Waals surface area contributed by atoms with Crippen molar-refractivity contribution in [1.82, 2.24) is 20.4 Å². The molecule has 2 unspecified atom stereocenters. The molecule has 0 saturated carbocycles. The molecule has 2 aromatic rings. The molecular weight excluding hydrogens is 240 g/mol. The van der Waals surface area contributed by atoms with Crippen LogP contribution in [0, 0.1) is 5.92 Å². The summed E-state index contributed by atoms with van der Waals surface area (Å²) in [5, 5.41) is 7.53. The summed E-state index contributed by atoms with van der Waals surface area (Å²) >= 11 is 0. The monoisotopic (exact) mass is 258 g/mol. The second-order valence-electron chi connectivity index (χ2n) is 5.04. The van der Waals surface area contributed by atoms with Crippen LogP contribution in [0.1, 0.15) is 37.8 Å². The summed E-state index contributed by atoms with van der Waals surface area (Å²) in [6.45, 7) is 5.32. The van der Waals surface area contributed by atoms with Gasteiger partial charge >= 0.3 is 0 Å². The number of pyridine rings is 1. The lowest BCUT2D eigenvalue weighted by Crippen LogP contribution is -2.16. The van der Waals surface area contributed by atoms with Crippen LogP contribution in [0.25, 0.3) is 11.4 Å². The molecule has 0 aliphatic carbocycles. The standard InChI is InChI=1S/C14H18N4O/c1-3-10-8-15-6-5-11(10)13-17-14(19-18-13)12-9(2)4-7-16-12/h5-6,8-9,12,16H,3-4,7H2,1-2H3. The van der Waals surface area contributed by atoms with Gasteiger partial charge in [0.15, 0.2) is 0 Å². The molecule has 1 aliphatic rings. The second-order valence-corrected chi connectivity index (χ2v) is 5.04. The van der Waals surface area contributed by atoms with Crippen molar-refractivity contribution in [3.8, 4) is 11.4 Å². The van der Waals surface area contributed by atoms with Gasteiger partial charge in [-0.15, -0.1) is 0 Å². The Labute approximate surface area is 112 Å². The Morgan fingerprint density at radius 2 is 2.37 bits per heavy atom. The van der Waals surface area contributed by atoms with E-state index in [-0.39, 0.29) is 6.04 Å². The molecule has 0 aromatic carbocycles. The number of aromatic nitrogens is 3. The van der Waals surface area contributed by atoms with Crippen molar-refractivity contribution in [2.45, 2.75) is 32.7 Å². The van der Waals surface area contributed by atoms with Crippen LogP contribution in [0.5, 0.6) is 0 Å². The summed E-state index contributed by atoms with van der Waals surface area (Å²) in [5.74, 6) is 1.89. The molecule has 0 spiro atoms. The summed E-state index contributed by atoms with van der Waals surface area (Å²) in [4.78, 5) is 8.69. The molecule has 0 radical (unpaired) electrons. The van der Waals surface area contributed by atoms with Crippen molar-refractivity contribution in [3.05, 3.63) is 29.9 Å². The first-order valence-corrected chi connectivity index (χ1v) is 6.80. The third-order valence-electron chi connectivity index (χ3n) is 3.77. The molecule has 2 aromatic heterocycles. The molecule has 3 rings (SSSR count). The Balaban J connectivity index is 1.92. The molecule has 100 valence electrons. The smallest absolute Gasteiger partial charge is 0.244 e. The van der Waals surface area contributed by atoms with Gasteiger partial charge in [0, 0.05) is 18.0 Å². The molecule has 5 heteroatoms. The minimum absolute atomic E-state index is 0.188. The van der Waals surface area contributed by atoms with Crippen LogP contribution in [-0.2, 0) is 6.42 Å². The largest absolute Gasteiger partial charge is 0.337 e. The molecule has 1 saturated heterocycles. The number of hydrogen-bond acceptors (Lipinski definition) is 5. The Bertz CT molecular complexity index is 566. The lowest BCUT2D eigenvalue weighted by Gasteiger charge is -2.09. The first-order chi connectivity index (χ1) is 9.29. The van der Waals surface area contributed by atoms with E-state index in [1.165, 1.54) is 0 Å². The van der Waals surface area contributed by atoms with Crippen LogP contribution in [0.4, 0.5) is 0 Å². The zero-order chi connectivity index (χ0) is 13.2. The van der Waals surface area contributed by atoms with Crippen LogP contribution in [0.2, 0.25) is 0 Å². The fourth-order valence-electron chi connectivity index (χ4n) is 2.56. The van der Waals surface area contributed by atoms with Crippen LogP contribution < -0.4 is 5.32 Å². The van der Waals surface area contributed by atoms with Gasteiger partial charge in [0.1, 0.15) is 0 Å². The Kier molecular flexibility index (Phi) is 3.29. The first-order valence-electron chi connectivity index (χ1n) is 6.80. The maximum absolute atomic E-state index is 5.43. The van der Waals surface area contributed by atoms with Gasteiger partial charge in [-0.3, -0.25) is 4.98 Å². The third-order valence-corrected chi connectivity index (χ3v) is 3.77. The Morgan fingerprint density at radius 3 is 3.11 bits per heavy atom. The van der Waals surface area contributed by atoms with Crippen molar-refractivity contribution in [3.63, 3.8) is 0 Å². The van der Waals surface area contributed by atoms with Gasteiger partial charge in [-0.2, -0.15) is 4.98 Å². The van der Waals surface area contributed by atoms with Gasteiger partial charge < -0.3 is 9.84 Å². The van der Waals surface area contributed by atoms with Crippen molar-refractivity contribution in [2.24, 2.45) is 5.92 Å². The van der Waals surface area contributed by atoms with Crippen LogP contribution in [0.15, 0.2) is 23.0 Å². The Hall–Kier alpha value is -1.75. The minimum atomic E-state index is 0.188. The zero-order valence-electron chi connectivity index (χ0n) is 11.3. The highest BCUT2D eigenvalue weighted by Crippen LogP contribution is 2.29. The molecule has 2 atom stereocenters. The topological polar surface area (TPSA) is 63.8 Å². The molecule has 1 aliphatic heterocycles. The van der Waals surface area contributed by atoms with Crippen molar-refractivity contribution in [2.75, 3.05) is 6.54 Å². The normalized spacial score (nSPS) is 22.8. The van der Waals surface area contributed by atoms with E-state index in [1.54, 1.807) is 6.20 Å². The molecule has 3 heterocycles. The summed E-state index contributed by atoms with van der Waals surface area (Å²) < 4.78 is 5.43. The second kappa shape index (κ2) is 5.09. The maximum Gasteiger partial charge on any atom is 0.244 e. The lowest BCUT2D eigenvalue weighted by molar-refractivity contribution is 0.319. The SMILES string of the molecule is CCc1cnccc1-c1noc(C2NCCC2C)n1. The van der Waals surface area contributed by atoms with E-state index < -0.39 is 0 Å². The highest BCUT2D eigenvalue weighted by atomic mass is 16.5. The molecule has 19 heavy (non-hydrogen) atoms. The Morgan fingerprint density at radius 1 is 1.47 bits per heavy atom. The fourth-order valence-corrected chi connectivity index (χ4v) is 2.56. The third kappa shape index (κ3) is 2.26. The van der Waals surface area contributed by atoms with Gasteiger partial charge in [-0.25, -0.2) is 0 Å². The van der Waals surface area contributed by atoms with E-state index in [4.69, 9.17) is 4.52 Å². The summed E-state index contributed by atoms with van der Waals surface area (Å²) in [6, 6.07) is 2.13. The maximum atomic E-state index is 5.43. The number of nitrogens with one attached hydrogen (secondary N) is 1. The molecule has 5 nitrogen and oxygen atoms in total. The quantitative estimate of drug-likeness (QED) is 0.915. The van der Waals surface area contributed by atoms with Gasteiger partial charge in [-0.1, -0.05) is 19.0 Å². The van der Waals surface area contributed by atoms with Crippen LogP contribution in [-0.4, -0.2) is 21.7 Å². The average Bonchev–Trinajstić information content (AvgIpc) is 3.07. The van der Waals surface area contributed by atoms with Crippen molar-refractivity contribution in [1.29, 1.82) is 0 Å². The van der Waals surface area contributed by atoms with Crippen LogP contribution >= 0.6 is 0 Å². The van der Waals surface area contributed by atoms with Gasteiger partial charge in [-0.05, 0) is 36.9 Å². The predicted molar refractivity (Wildman–Crippen MR) is 71.4 cm³/mol. The lowest BCUT2D eigenvalue weighted by atomic mass is 10.0. The van der Waals surface area contributed by atoms with E-state index in [1.807, 2.05) is 12.3 Å². The van der Waals surface area contributed by atoms with Crippen molar-refractivity contribution >= 4 is 0 Å².